The predicted molar refractivity (Wildman–Crippen MR) is 115 cm³/mol. The van der Waals surface area contributed by atoms with Crippen molar-refractivity contribution in [3.63, 3.8) is 0 Å². The summed E-state index contributed by atoms with van der Waals surface area (Å²) in [5.41, 5.74) is 4.32. The lowest BCUT2D eigenvalue weighted by Crippen LogP contribution is -2.31. The number of ether oxygens (including phenoxy) is 1. The second-order valence-corrected chi connectivity index (χ2v) is 8.02. The van der Waals surface area contributed by atoms with Crippen LogP contribution >= 0.6 is 11.3 Å². The molecule has 0 saturated carbocycles. The number of carbonyl (C=O) groups is 2. The summed E-state index contributed by atoms with van der Waals surface area (Å²) in [6.07, 6.45) is 2.05. The highest BCUT2D eigenvalue weighted by atomic mass is 32.1. The number of amides is 2. The van der Waals surface area contributed by atoms with Gasteiger partial charge in [-0.1, -0.05) is 6.07 Å². The molecule has 2 aromatic carbocycles. The highest BCUT2D eigenvalue weighted by molar-refractivity contribution is 7.17. The minimum atomic E-state index is -0.274. The Bertz CT molecular complexity index is 1240. The fourth-order valence-corrected chi connectivity index (χ4v) is 4.40. The Kier molecular flexibility index (Phi) is 4.94. The van der Waals surface area contributed by atoms with Crippen LogP contribution in [0.1, 0.15) is 33.8 Å². The Morgan fingerprint density at radius 2 is 2.10 bits per heavy atom. The Morgan fingerprint density at radius 1 is 1.17 bits per heavy atom. The Labute approximate surface area is 176 Å². The molecule has 1 aliphatic heterocycles. The van der Waals surface area contributed by atoms with E-state index in [2.05, 4.69) is 15.6 Å². The van der Waals surface area contributed by atoms with E-state index in [1.807, 2.05) is 12.1 Å². The van der Waals surface area contributed by atoms with E-state index < -0.39 is 0 Å². The highest BCUT2D eigenvalue weighted by Gasteiger charge is 2.19. The van der Waals surface area contributed by atoms with Crippen molar-refractivity contribution in [1.82, 2.24) is 10.3 Å². The smallest absolute Gasteiger partial charge is 0.287 e. The van der Waals surface area contributed by atoms with Crippen molar-refractivity contribution >= 4 is 50.0 Å². The van der Waals surface area contributed by atoms with Gasteiger partial charge in [0.15, 0.2) is 5.76 Å². The molecule has 30 heavy (non-hydrogen) atoms. The third-order valence-corrected chi connectivity index (χ3v) is 5.99. The van der Waals surface area contributed by atoms with E-state index in [1.54, 1.807) is 35.8 Å². The fourth-order valence-electron chi connectivity index (χ4n) is 3.60. The van der Waals surface area contributed by atoms with Crippen molar-refractivity contribution in [2.24, 2.45) is 0 Å². The Balaban J connectivity index is 1.31. The number of anilines is 1. The summed E-state index contributed by atoms with van der Waals surface area (Å²) in [6.45, 7) is 1.22. The number of nitrogens with one attached hydrogen (secondary N) is 2. The van der Waals surface area contributed by atoms with Crippen LogP contribution in [-0.4, -0.2) is 36.1 Å². The van der Waals surface area contributed by atoms with Crippen LogP contribution in [0.2, 0.25) is 0 Å². The summed E-state index contributed by atoms with van der Waals surface area (Å²) < 4.78 is 12.0. The van der Waals surface area contributed by atoms with Gasteiger partial charge in [-0.05, 0) is 49.2 Å². The van der Waals surface area contributed by atoms with Crippen LogP contribution in [0.4, 0.5) is 5.69 Å². The number of hydrogen-bond donors (Lipinski definition) is 2. The SMILES string of the molecule is O=C(NCC1CCCO1)c1cc2cc(NC(=O)c3cccc4ncsc34)ccc2o1. The molecule has 0 spiro atoms. The Hall–Kier alpha value is -3.23. The summed E-state index contributed by atoms with van der Waals surface area (Å²) in [5.74, 6) is -0.243. The van der Waals surface area contributed by atoms with Crippen molar-refractivity contribution in [1.29, 1.82) is 0 Å². The third kappa shape index (κ3) is 3.67. The molecule has 0 aliphatic carbocycles. The Morgan fingerprint density at radius 3 is 2.97 bits per heavy atom. The quantitative estimate of drug-likeness (QED) is 0.504. The first kappa shape index (κ1) is 18.8. The number of rotatable bonds is 5. The van der Waals surface area contributed by atoms with E-state index in [4.69, 9.17) is 9.15 Å². The standard InChI is InChI=1S/C22H19N3O4S/c26-21(16-4-1-5-17-20(16)30-12-24-17)25-14-6-7-18-13(9-14)10-19(29-18)22(27)23-11-15-3-2-8-28-15/h1,4-7,9-10,12,15H,2-3,8,11H2,(H,23,27)(H,25,26). The zero-order valence-corrected chi connectivity index (χ0v) is 16.8. The lowest BCUT2D eigenvalue weighted by Gasteiger charge is -2.09. The average molecular weight is 421 g/mol. The number of nitrogens with zero attached hydrogens (tertiary/aromatic N) is 1. The molecule has 2 aromatic heterocycles. The van der Waals surface area contributed by atoms with Crippen LogP contribution in [0, 0.1) is 0 Å². The topological polar surface area (TPSA) is 93.5 Å². The molecular formula is C22H19N3O4S. The van der Waals surface area contributed by atoms with Crippen LogP contribution in [0.15, 0.2) is 52.4 Å². The van der Waals surface area contributed by atoms with Crippen molar-refractivity contribution in [2.75, 3.05) is 18.5 Å². The molecule has 3 heterocycles. The number of hydrogen-bond acceptors (Lipinski definition) is 6. The van der Waals surface area contributed by atoms with Gasteiger partial charge >= 0.3 is 0 Å². The fraction of sp³-hybridized carbons (Fsp3) is 0.227. The lowest BCUT2D eigenvalue weighted by atomic mass is 10.2. The molecule has 1 unspecified atom stereocenters. The summed E-state index contributed by atoms with van der Waals surface area (Å²) >= 11 is 1.44. The van der Waals surface area contributed by atoms with Gasteiger partial charge in [-0.2, -0.15) is 0 Å². The molecule has 7 nitrogen and oxygen atoms in total. The van der Waals surface area contributed by atoms with Crippen LogP contribution in [0.5, 0.6) is 0 Å². The maximum atomic E-state index is 12.8. The van der Waals surface area contributed by atoms with Gasteiger partial charge in [-0.15, -0.1) is 11.3 Å². The molecule has 1 aliphatic rings. The molecule has 5 rings (SSSR count). The molecule has 0 bridgehead atoms. The van der Waals surface area contributed by atoms with E-state index >= 15 is 0 Å². The molecule has 2 amide bonds. The summed E-state index contributed by atoms with van der Waals surface area (Å²) in [6, 6.07) is 12.5. The molecule has 0 radical (unpaired) electrons. The maximum Gasteiger partial charge on any atom is 0.287 e. The van der Waals surface area contributed by atoms with E-state index in [0.29, 0.717) is 23.4 Å². The molecule has 1 saturated heterocycles. The molecule has 4 aromatic rings. The molecule has 8 heteroatoms. The zero-order valence-electron chi connectivity index (χ0n) is 16.0. The number of benzene rings is 2. The van der Waals surface area contributed by atoms with E-state index in [-0.39, 0.29) is 23.7 Å². The van der Waals surface area contributed by atoms with Crippen LogP contribution in [0.3, 0.4) is 0 Å². The largest absolute Gasteiger partial charge is 0.451 e. The van der Waals surface area contributed by atoms with Gasteiger partial charge in [0, 0.05) is 24.2 Å². The average Bonchev–Trinajstić information content (AvgIpc) is 3.51. The third-order valence-electron chi connectivity index (χ3n) is 5.11. The maximum absolute atomic E-state index is 12.8. The van der Waals surface area contributed by atoms with Crippen molar-refractivity contribution in [2.45, 2.75) is 18.9 Å². The number of carbonyl (C=O) groups excluding carboxylic acids is 2. The van der Waals surface area contributed by atoms with E-state index in [1.165, 1.54) is 11.3 Å². The van der Waals surface area contributed by atoms with Gasteiger partial charge < -0.3 is 19.8 Å². The second-order valence-electron chi connectivity index (χ2n) is 7.17. The number of thiazole rings is 1. The summed E-state index contributed by atoms with van der Waals surface area (Å²) in [7, 11) is 0. The molecule has 1 atom stereocenters. The van der Waals surface area contributed by atoms with Gasteiger partial charge in [0.2, 0.25) is 0 Å². The number of fused-ring (bicyclic) bond motifs is 2. The van der Waals surface area contributed by atoms with Gasteiger partial charge in [-0.3, -0.25) is 9.59 Å². The van der Waals surface area contributed by atoms with Gasteiger partial charge in [0.1, 0.15) is 5.58 Å². The van der Waals surface area contributed by atoms with Crippen LogP contribution < -0.4 is 10.6 Å². The van der Waals surface area contributed by atoms with Crippen molar-refractivity contribution in [3.8, 4) is 0 Å². The minimum Gasteiger partial charge on any atom is -0.451 e. The first-order valence-electron chi connectivity index (χ1n) is 9.74. The summed E-state index contributed by atoms with van der Waals surface area (Å²) in [5, 5.41) is 6.51. The first-order valence-corrected chi connectivity index (χ1v) is 10.6. The van der Waals surface area contributed by atoms with Crippen molar-refractivity contribution < 1.29 is 18.7 Å². The number of aromatic nitrogens is 1. The van der Waals surface area contributed by atoms with Gasteiger partial charge in [0.25, 0.3) is 11.8 Å². The molecule has 152 valence electrons. The van der Waals surface area contributed by atoms with E-state index in [9.17, 15) is 9.59 Å². The predicted octanol–water partition coefficient (Wildman–Crippen LogP) is 4.20. The molecular weight excluding hydrogens is 402 g/mol. The summed E-state index contributed by atoms with van der Waals surface area (Å²) in [4.78, 5) is 29.4. The van der Waals surface area contributed by atoms with Gasteiger partial charge in [-0.25, -0.2) is 4.98 Å². The molecule has 1 fully saturated rings. The van der Waals surface area contributed by atoms with Crippen molar-refractivity contribution in [3.05, 3.63) is 59.3 Å². The normalized spacial score (nSPS) is 16.2. The zero-order chi connectivity index (χ0) is 20.5. The van der Waals surface area contributed by atoms with Gasteiger partial charge in [0.05, 0.1) is 27.4 Å². The van der Waals surface area contributed by atoms with Crippen LogP contribution in [-0.2, 0) is 4.74 Å². The minimum absolute atomic E-state index is 0.0724. The first-order chi connectivity index (χ1) is 14.7. The highest BCUT2D eigenvalue weighted by Crippen LogP contribution is 2.26. The number of furan rings is 1. The monoisotopic (exact) mass is 421 g/mol. The lowest BCUT2D eigenvalue weighted by molar-refractivity contribution is 0.0837. The molecule has 2 N–H and O–H groups in total. The van der Waals surface area contributed by atoms with E-state index in [0.717, 1.165) is 35.1 Å². The van der Waals surface area contributed by atoms with Crippen LogP contribution in [0.25, 0.3) is 21.2 Å². The second kappa shape index (κ2) is 7.89.